The van der Waals surface area contributed by atoms with Crippen LogP contribution in [-0.4, -0.2) is 64.7 Å². The molecule has 1 aromatic carbocycles. The molecule has 0 spiro atoms. The van der Waals surface area contributed by atoms with Gasteiger partial charge in [0.05, 0.1) is 16.3 Å². The van der Waals surface area contributed by atoms with Crippen LogP contribution in [0, 0.1) is 5.92 Å². The van der Waals surface area contributed by atoms with Gasteiger partial charge in [-0.3, -0.25) is 4.79 Å². The molecule has 0 aliphatic carbocycles. The van der Waals surface area contributed by atoms with Gasteiger partial charge < -0.3 is 4.90 Å². The summed E-state index contributed by atoms with van der Waals surface area (Å²) in [5.41, 5.74) is 1.38. The molecule has 8 nitrogen and oxygen atoms in total. The van der Waals surface area contributed by atoms with Crippen molar-refractivity contribution in [2.45, 2.75) is 63.3 Å². The van der Waals surface area contributed by atoms with E-state index in [-0.39, 0.29) is 29.3 Å². The monoisotopic (exact) mass is 433 g/mol. The lowest BCUT2D eigenvalue weighted by atomic mass is 9.98. The molecule has 4 rings (SSSR count). The second kappa shape index (κ2) is 8.63. The summed E-state index contributed by atoms with van der Waals surface area (Å²) in [5, 5.41) is 8.27. The van der Waals surface area contributed by atoms with Gasteiger partial charge in [0.25, 0.3) is 0 Å². The minimum atomic E-state index is -3.68. The molecule has 1 atom stereocenters. The fourth-order valence-electron chi connectivity index (χ4n) is 4.52. The summed E-state index contributed by atoms with van der Waals surface area (Å²) in [6, 6.07) is 5.13. The third kappa shape index (κ3) is 4.09. The average Bonchev–Trinajstić information content (AvgIpc) is 2.99. The Balaban J connectivity index is 1.53. The number of hydrogen-bond acceptors (Lipinski definition) is 5. The number of carbonyl (C=O) groups is 1. The summed E-state index contributed by atoms with van der Waals surface area (Å²) in [6.07, 6.45) is 5.87. The lowest BCUT2D eigenvalue weighted by molar-refractivity contribution is -0.136. The molecule has 0 radical (unpaired) electrons. The molecule has 2 aliphatic rings. The fraction of sp³-hybridized carbons (Fsp3) is 0.667. The lowest BCUT2D eigenvalue weighted by Crippen LogP contribution is -2.46. The van der Waals surface area contributed by atoms with Crippen molar-refractivity contribution in [3.05, 3.63) is 18.2 Å². The maximum atomic E-state index is 13.3. The molecule has 164 valence electrons. The summed E-state index contributed by atoms with van der Waals surface area (Å²) in [7, 11) is -3.68. The quantitative estimate of drug-likeness (QED) is 0.740. The van der Waals surface area contributed by atoms with E-state index in [0.717, 1.165) is 37.9 Å². The van der Waals surface area contributed by atoms with Gasteiger partial charge in [0.15, 0.2) is 0 Å². The minimum absolute atomic E-state index is 0.118. The van der Waals surface area contributed by atoms with Gasteiger partial charge in [-0.15, -0.1) is 5.10 Å². The number of sulfonamides is 1. The van der Waals surface area contributed by atoms with Crippen LogP contribution in [0.1, 0.15) is 58.4 Å². The Morgan fingerprint density at radius 3 is 2.50 bits per heavy atom. The van der Waals surface area contributed by atoms with E-state index in [1.165, 1.54) is 17.1 Å². The number of hydrogen-bond donors (Lipinski definition) is 0. The number of rotatable bonds is 4. The number of amides is 1. The number of likely N-dealkylation sites (tertiary alicyclic amines) is 1. The van der Waals surface area contributed by atoms with Gasteiger partial charge in [-0.05, 0) is 57.7 Å². The van der Waals surface area contributed by atoms with Crippen LogP contribution >= 0.6 is 0 Å². The molecule has 9 heteroatoms. The van der Waals surface area contributed by atoms with Crippen LogP contribution in [0.25, 0.3) is 11.0 Å². The van der Waals surface area contributed by atoms with Gasteiger partial charge in [-0.25, -0.2) is 13.1 Å². The zero-order valence-electron chi connectivity index (χ0n) is 17.8. The van der Waals surface area contributed by atoms with Crippen LogP contribution in [-0.2, 0) is 14.8 Å². The molecule has 1 aromatic heterocycles. The number of aromatic nitrogens is 3. The molecule has 3 heterocycles. The number of nitrogens with zero attached hydrogens (tertiary/aromatic N) is 5. The van der Waals surface area contributed by atoms with Crippen molar-refractivity contribution in [1.82, 2.24) is 24.2 Å². The third-order valence-corrected chi connectivity index (χ3v) is 8.08. The highest BCUT2D eigenvalue weighted by molar-refractivity contribution is 7.89. The smallest absolute Gasteiger partial charge is 0.243 e. The third-order valence-electron chi connectivity index (χ3n) is 6.22. The average molecular weight is 434 g/mol. The summed E-state index contributed by atoms with van der Waals surface area (Å²) in [6.45, 7) is 6.31. The molecule has 1 amide bonds. The molecule has 2 fully saturated rings. The topological polar surface area (TPSA) is 88.4 Å². The van der Waals surface area contributed by atoms with E-state index in [0.29, 0.717) is 18.5 Å². The summed E-state index contributed by atoms with van der Waals surface area (Å²) in [4.78, 5) is 15.2. The highest BCUT2D eigenvalue weighted by Crippen LogP contribution is 2.27. The van der Waals surface area contributed by atoms with E-state index < -0.39 is 10.0 Å². The summed E-state index contributed by atoms with van der Waals surface area (Å²) >= 11 is 0. The van der Waals surface area contributed by atoms with Crippen LogP contribution in [0.4, 0.5) is 0 Å². The molecule has 0 bridgehead atoms. The van der Waals surface area contributed by atoms with Crippen LogP contribution in [0.5, 0.6) is 0 Å². The molecule has 0 N–H and O–H groups in total. The van der Waals surface area contributed by atoms with E-state index in [9.17, 15) is 13.2 Å². The van der Waals surface area contributed by atoms with Crippen LogP contribution in [0.15, 0.2) is 23.1 Å². The maximum Gasteiger partial charge on any atom is 0.243 e. The predicted octanol–water partition coefficient (Wildman–Crippen LogP) is 2.82. The largest absolute Gasteiger partial charge is 0.342 e. The Bertz CT molecular complexity index is 1010. The molecule has 2 aromatic rings. The van der Waals surface area contributed by atoms with E-state index in [1.807, 2.05) is 18.7 Å². The first-order chi connectivity index (χ1) is 14.4. The summed E-state index contributed by atoms with van der Waals surface area (Å²) in [5.74, 6) is -0.135. The van der Waals surface area contributed by atoms with E-state index in [4.69, 9.17) is 0 Å². The van der Waals surface area contributed by atoms with Crippen molar-refractivity contribution in [3.8, 4) is 0 Å². The number of carbonyl (C=O) groups excluding carboxylic acids is 1. The molecular weight excluding hydrogens is 402 g/mol. The Morgan fingerprint density at radius 1 is 1.07 bits per heavy atom. The molecule has 30 heavy (non-hydrogen) atoms. The Hall–Kier alpha value is -2.00. The van der Waals surface area contributed by atoms with Crippen molar-refractivity contribution < 1.29 is 13.2 Å². The van der Waals surface area contributed by atoms with Gasteiger partial charge in [0.2, 0.25) is 15.9 Å². The molecule has 0 saturated carbocycles. The van der Waals surface area contributed by atoms with Gasteiger partial charge >= 0.3 is 0 Å². The number of piperidine rings is 1. The van der Waals surface area contributed by atoms with Crippen molar-refractivity contribution >= 4 is 27.0 Å². The molecule has 0 unspecified atom stereocenters. The highest BCUT2D eigenvalue weighted by Gasteiger charge is 2.35. The second-order valence-corrected chi connectivity index (χ2v) is 10.7. The Morgan fingerprint density at radius 2 is 1.80 bits per heavy atom. The molecular formula is C21H31N5O3S. The lowest BCUT2D eigenvalue weighted by Gasteiger charge is -2.34. The zero-order valence-corrected chi connectivity index (χ0v) is 18.6. The van der Waals surface area contributed by atoms with Gasteiger partial charge in [-0.2, -0.15) is 4.31 Å². The van der Waals surface area contributed by atoms with Gasteiger partial charge in [0.1, 0.15) is 5.52 Å². The van der Waals surface area contributed by atoms with Gasteiger partial charge in [-0.1, -0.05) is 18.1 Å². The predicted molar refractivity (Wildman–Crippen MR) is 114 cm³/mol. The minimum Gasteiger partial charge on any atom is -0.342 e. The van der Waals surface area contributed by atoms with E-state index >= 15 is 0 Å². The first-order valence-electron chi connectivity index (χ1n) is 11.0. The standard InChI is InChI=1S/C21H31N5O3S/c1-16(2)26-20-10-9-18(14-19(20)22-23-26)30(28,29)25-13-7-8-17(15-25)21(27)24-11-5-3-4-6-12-24/h9-10,14,16-17H,3-8,11-13,15H2,1-2H3/t17-/m1/s1. The molecule has 2 aliphatic heterocycles. The highest BCUT2D eigenvalue weighted by atomic mass is 32.2. The Kier molecular flexibility index (Phi) is 6.11. The fourth-order valence-corrected chi connectivity index (χ4v) is 6.07. The number of fused-ring (bicyclic) bond motifs is 1. The normalized spacial score (nSPS) is 21.8. The van der Waals surface area contributed by atoms with Crippen LogP contribution in [0.2, 0.25) is 0 Å². The summed E-state index contributed by atoms with van der Waals surface area (Å²) < 4.78 is 29.9. The SMILES string of the molecule is CC(C)n1nnc2cc(S(=O)(=O)N3CCC[C@@H](C(=O)N4CCCCCC4)C3)ccc21. The zero-order chi connectivity index (χ0) is 21.3. The first kappa shape index (κ1) is 21.2. The van der Waals surface area contributed by atoms with Crippen LogP contribution < -0.4 is 0 Å². The Labute approximate surface area is 178 Å². The van der Waals surface area contributed by atoms with Gasteiger partial charge in [0, 0.05) is 32.2 Å². The first-order valence-corrected chi connectivity index (χ1v) is 12.5. The number of benzene rings is 1. The molecule has 2 saturated heterocycles. The van der Waals surface area contributed by atoms with Crippen LogP contribution in [0.3, 0.4) is 0 Å². The van der Waals surface area contributed by atoms with Crippen molar-refractivity contribution in [1.29, 1.82) is 0 Å². The van der Waals surface area contributed by atoms with E-state index in [1.54, 1.807) is 22.9 Å². The van der Waals surface area contributed by atoms with E-state index in [2.05, 4.69) is 10.3 Å². The van der Waals surface area contributed by atoms with Crippen molar-refractivity contribution in [2.24, 2.45) is 5.92 Å². The van der Waals surface area contributed by atoms with Crippen molar-refractivity contribution in [3.63, 3.8) is 0 Å². The second-order valence-electron chi connectivity index (χ2n) is 8.72. The maximum absolute atomic E-state index is 13.3. The van der Waals surface area contributed by atoms with Crippen molar-refractivity contribution in [2.75, 3.05) is 26.2 Å².